The molecular weight excluding hydrogens is 450 g/mol. The zero-order chi connectivity index (χ0) is 23.9. The molecule has 4 aliphatic rings. The Morgan fingerprint density at radius 3 is 2.15 bits per heavy atom. The normalized spacial score (nSPS) is 27.4. The first-order chi connectivity index (χ1) is 16.2. The lowest BCUT2D eigenvalue weighted by atomic mass is 9.49. The van der Waals surface area contributed by atoms with Gasteiger partial charge in [0.2, 0.25) is 15.9 Å². The second-order valence-electron chi connectivity index (χ2n) is 10.4. The average Bonchev–Trinajstić information content (AvgIpc) is 2.81. The van der Waals surface area contributed by atoms with Crippen molar-refractivity contribution in [2.24, 2.45) is 23.2 Å². The van der Waals surface area contributed by atoms with E-state index in [1.165, 1.54) is 25.3 Å². The topological polar surface area (TPSA) is 104 Å². The van der Waals surface area contributed by atoms with Crippen molar-refractivity contribution in [3.8, 4) is 0 Å². The first kappa shape index (κ1) is 23.1. The van der Waals surface area contributed by atoms with E-state index in [4.69, 9.17) is 0 Å². The van der Waals surface area contributed by atoms with E-state index in [9.17, 15) is 18.0 Å². The number of benzene rings is 2. The van der Waals surface area contributed by atoms with Crippen molar-refractivity contribution in [2.45, 2.75) is 56.9 Å². The van der Waals surface area contributed by atoms with Crippen LogP contribution in [0.25, 0.3) is 0 Å². The Labute approximate surface area is 200 Å². The van der Waals surface area contributed by atoms with Crippen LogP contribution in [0.15, 0.2) is 53.4 Å². The monoisotopic (exact) mass is 481 g/mol. The third-order valence-corrected chi connectivity index (χ3v) is 9.40. The van der Waals surface area contributed by atoms with Crippen LogP contribution in [0.4, 0.5) is 0 Å². The minimum Gasteiger partial charge on any atom is -0.273 e. The van der Waals surface area contributed by atoms with Gasteiger partial charge in [-0.3, -0.25) is 20.4 Å². The number of nitrogens with one attached hydrogen (secondary N) is 3. The molecule has 34 heavy (non-hydrogen) atoms. The first-order valence-corrected chi connectivity index (χ1v) is 13.5. The summed E-state index contributed by atoms with van der Waals surface area (Å²) in [4.78, 5) is 26.0. The van der Waals surface area contributed by atoms with Crippen LogP contribution in [0.2, 0.25) is 0 Å². The molecule has 4 bridgehead atoms. The lowest BCUT2D eigenvalue weighted by molar-refractivity contribution is -0.147. The summed E-state index contributed by atoms with van der Waals surface area (Å²) in [6, 6.07) is 13.8. The van der Waals surface area contributed by atoms with Crippen molar-refractivity contribution < 1.29 is 18.0 Å². The molecule has 0 aromatic heterocycles. The fourth-order valence-electron chi connectivity index (χ4n) is 6.59. The summed E-state index contributed by atoms with van der Waals surface area (Å²) >= 11 is 0. The number of amides is 2. The highest BCUT2D eigenvalue weighted by Crippen LogP contribution is 2.60. The van der Waals surface area contributed by atoms with Gasteiger partial charge in [0.25, 0.3) is 5.91 Å². The Morgan fingerprint density at radius 2 is 1.53 bits per heavy atom. The summed E-state index contributed by atoms with van der Waals surface area (Å²) in [5.41, 5.74) is 6.36. The van der Waals surface area contributed by atoms with Crippen molar-refractivity contribution in [2.75, 3.05) is 0 Å². The zero-order valence-electron chi connectivity index (χ0n) is 19.3. The summed E-state index contributed by atoms with van der Waals surface area (Å²) in [6.07, 6.45) is 6.41. The van der Waals surface area contributed by atoms with Gasteiger partial charge in [0.1, 0.15) is 0 Å². The van der Waals surface area contributed by atoms with Crippen LogP contribution in [0.1, 0.15) is 60.0 Å². The lowest BCUT2D eigenvalue weighted by Crippen LogP contribution is -2.56. The van der Waals surface area contributed by atoms with Gasteiger partial charge < -0.3 is 0 Å². The molecule has 8 heteroatoms. The average molecular weight is 482 g/mol. The zero-order valence-corrected chi connectivity index (χ0v) is 20.2. The maximum Gasteiger partial charge on any atom is 0.269 e. The molecular formula is C26H31N3O4S. The molecule has 4 saturated carbocycles. The Morgan fingerprint density at radius 1 is 0.912 bits per heavy atom. The predicted octanol–water partition coefficient (Wildman–Crippen LogP) is 3.45. The van der Waals surface area contributed by atoms with Gasteiger partial charge in [-0.2, -0.15) is 0 Å². The number of carbonyl (C=O) groups is 2. The fraction of sp³-hybridized carbons (Fsp3) is 0.462. The van der Waals surface area contributed by atoms with Gasteiger partial charge in [-0.25, -0.2) is 13.1 Å². The first-order valence-electron chi connectivity index (χ1n) is 12.0. The van der Waals surface area contributed by atoms with Crippen molar-refractivity contribution in [1.82, 2.24) is 15.6 Å². The molecule has 6 rings (SSSR count). The molecule has 4 fully saturated rings. The molecule has 0 unspecified atom stereocenters. The van der Waals surface area contributed by atoms with Gasteiger partial charge in [0.15, 0.2) is 0 Å². The number of carbonyl (C=O) groups excluding carboxylic acids is 2. The van der Waals surface area contributed by atoms with Gasteiger partial charge in [0, 0.05) is 12.1 Å². The van der Waals surface area contributed by atoms with E-state index >= 15 is 0 Å². The van der Waals surface area contributed by atoms with Crippen LogP contribution >= 0.6 is 0 Å². The van der Waals surface area contributed by atoms with Crippen molar-refractivity contribution in [1.29, 1.82) is 0 Å². The van der Waals surface area contributed by atoms with E-state index in [-0.39, 0.29) is 28.3 Å². The van der Waals surface area contributed by atoms with E-state index in [0.717, 1.165) is 24.8 Å². The fourth-order valence-corrected chi connectivity index (χ4v) is 7.88. The van der Waals surface area contributed by atoms with Crippen LogP contribution in [-0.2, 0) is 21.4 Å². The molecule has 0 spiro atoms. The quantitative estimate of drug-likeness (QED) is 0.550. The minimum atomic E-state index is -3.82. The standard InChI is InChI=1S/C26H31N3O4S/c1-17-7-8-22(12-23(17)34(32,33)27-16-18-5-3-2-4-6-18)24(30)28-29-25(31)26-13-19-9-20(14-26)11-21(10-19)15-26/h2-8,12,19-21,27H,9-11,13-16H2,1H3,(H,28,30)(H,29,31). The number of hydrogen-bond donors (Lipinski definition) is 3. The van der Waals surface area contributed by atoms with E-state index in [1.807, 2.05) is 30.3 Å². The highest BCUT2D eigenvalue weighted by atomic mass is 32.2. The Hall–Kier alpha value is -2.71. The maximum absolute atomic E-state index is 13.1. The SMILES string of the molecule is Cc1ccc(C(=O)NNC(=O)C23CC4CC(CC(C4)C2)C3)cc1S(=O)(=O)NCc1ccccc1. The van der Waals surface area contributed by atoms with Crippen LogP contribution in [0, 0.1) is 30.1 Å². The van der Waals surface area contributed by atoms with Crippen LogP contribution in [0.5, 0.6) is 0 Å². The molecule has 2 aromatic carbocycles. The van der Waals surface area contributed by atoms with Crippen molar-refractivity contribution >= 4 is 21.8 Å². The minimum absolute atomic E-state index is 0.0449. The molecule has 2 amide bonds. The highest BCUT2D eigenvalue weighted by Gasteiger charge is 2.54. The molecule has 180 valence electrons. The second-order valence-corrected chi connectivity index (χ2v) is 12.1. The van der Waals surface area contributed by atoms with Gasteiger partial charge in [0.05, 0.1) is 10.3 Å². The van der Waals surface area contributed by atoms with Crippen LogP contribution in [-0.4, -0.2) is 20.2 Å². The number of aryl methyl sites for hydroxylation is 1. The van der Waals surface area contributed by atoms with Crippen LogP contribution in [0.3, 0.4) is 0 Å². The summed E-state index contributed by atoms with van der Waals surface area (Å²) in [5.74, 6) is 1.24. The molecule has 0 aliphatic heterocycles. The van der Waals surface area contributed by atoms with Gasteiger partial charge in [-0.05, 0) is 86.5 Å². The van der Waals surface area contributed by atoms with Gasteiger partial charge >= 0.3 is 0 Å². The summed E-state index contributed by atoms with van der Waals surface area (Å²) in [7, 11) is -3.82. The molecule has 4 aliphatic carbocycles. The molecule has 3 N–H and O–H groups in total. The van der Waals surface area contributed by atoms with Crippen molar-refractivity contribution in [3.63, 3.8) is 0 Å². The van der Waals surface area contributed by atoms with Gasteiger partial charge in [-0.1, -0.05) is 36.4 Å². The van der Waals surface area contributed by atoms with E-state index in [2.05, 4.69) is 15.6 Å². The second kappa shape index (κ2) is 8.82. The number of hydrazine groups is 1. The third kappa shape index (κ3) is 4.49. The smallest absolute Gasteiger partial charge is 0.269 e. The summed E-state index contributed by atoms with van der Waals surface area (Å²) in [6.45, 7) is 1.84. The van der Waals surface area contributed by atoms with Gasteiger partial charge in [-0.15, -0.1) is 0 Å². The van der Waals surface area contributed by atoms with Crippen molar-refractivity contribution in [3.05, 3.63) is 65.2 Å². The highest BCUT2D eigenvalue weighted by molar-refractivity contribution is 7.89. The molecule has 7 nitrogen and oxygen atoms in total. The summed E-state index contributed by atoms with van der Waals surface area (Å²) in [5, 5.41) is 0. The van der Waals surface area contributed by atoms with E-state index in [1.54, 1.807) is 19.1 Å². The lowest BCUT2D eigenvalue weighted by Gasteiger charge is -2.55. The molecule has 0 radical (unpaired) electrons. The molecule has 0 heterocycles. The third-order valence-electron chi connectivity index (χ3n) is 7.86. The molecule has 0 atom stereocenters. The Balaban J connectivity index is 1.25. The summed E-state index contributed by atoms with van der Waals surface area (Å²) < 4.78 is 28.4. The number of sulfonamides is 1. The largest absolute Gasteiger partial charge is 0.273 e. The van der Waals surface area contributed by atoms with Crippen LogP contribution < -0.4 is 15.6 Å². The maximum atomic E-state index is 13.1. The molecule has 2 aromatic rings. The van der Waals surface area contributed by atoms with E-state index in [0.29, 0.717) is 23.3 Å². The van der Waals surface area contributed by atoms with E-state index < -0.39 is 15.9 Å². The molecule has 0 saturated heterocycles. The number of rotatable bonds is 6. The number of hydrogen-bond acceptors (Lipinski definition) is 4. The Bertz CT molecular complexity index is 1170. The predicted molar refractivity (Wildman–Crippen MR) is 128 cm³/mol. The Kier molecular flexibility index (Phi) is 5.98.